The highest BCUT2D eigenvalue weighted by Crippen LogP contribution is 2.29. The molecule has 0 spiro atoms. The van der Waals surface area contributed by atoms with Crippen molar-refractivity contribution >= 4 is 21.6 Å². The van der Waals surface area contributed by atoms with Gasteiger partial charge in [0.2, 0.25) is 0 Å². The largest absolute Gasteiger partial charge is 0.414 e. The molecule has 3 rings (SSSR count). The minimum Gasteiger partial charge on any atom is -0.414 e. The number of fused-ring (bicyclic) bond motifs is 1. The van der Waals surface area contributed by atoms with Crippen molar-refractivity contribution in [3.63, 3.8) is 0 Å². The fourth-order valence-electron chi connectivity index (χ4n) is 1.94. The van der Waals surface area contributed by atoms with Gasteiger partial charge < -0.3 is 14.5 Å². The Bertz CT molecular complexity index is 554. The first-order chi connectivity index (χ1) is 7.84. The molecule has 4 nitrogen and oxygen atoms in total. The van der Waals surface area contributed by atoms with Gasteiger partial charge in [0.15, 0.2) is 0 Å². The number of morpholine rings is 1. The fraction of sp³-hybridized carbons (Fsp3) is 0.364. The van der Waals surface area contributed by atoms with E-state index in [-0.39, 0.29) is 11.0 Å². The molecule has 0 radical (unpaired) electrons. The van der Waals surface area contributed by atoms with Gasteiger partial charge in [-0.05, 0) is 6.07 Å². The predicted octanol–water partition coefficient (Wildman–Crippen LogP) is 1.52. The van der Waals surface area contributed by atoms with Gasteiger partial charge in [-0.3, -0.25) is 0 Å². The van der Waals surface area contributed by atoms with Crippen molar-refractivity contribution in [3.8, 4) is 0 Å². The van der Waals surface area contributed by atoms with Crippen molar-refractivity contribution < 1.29 is 9.15 Å². The standard InChI is InChI=1S/C11H11NO3S/c13-11-15-8-3-1-2-7(10(8)16-11)9-6-12-4-5-14-9/h1-3,9,12H,4-6H2. The van der Waals surface area contributed by atoms with Crippen LogP contribution in [-0.4, -0.2) is 19.7 Å². The van der Waals surface area contributed by atoms with Gasteiger partial charge >= 0.3 is 4.94 Å². The number of rotatable bonds is 1. The van der Waals surface area contributed by atoms with E-state index in [4.69, 9.17) is 9.15 Å². The Morgan fingerprint density at radius 1 is 1.44 bits per heavy atom. The molecule has 1 fully saturated rings. The van der Waals surface area contributed by atoms with Gasteiger partial charge in [0.1, 0.15) is 5.58 Å². The Hall–Kier alpha value is -1.17. The zero-order valence-electron chi connectivity index (χ0n) is 8.56. The van der Waals surface area contributed by atoms with Crippen LogP contribution in [0.1, 0.15) is 11.7 Å². The Labute approximate surface area is 95.8 Å². The van der Waals surface area contributed by atoms with Crippen LogP contribution in [0.3, 0.4) is 0 Å². The van der Waals surface area contributed by atoms with Crippen LogP contribution in [-0.2, 0) is 4.74 Å². The van der Waals surface area contributed by atoms with E-state index in [1.807, 2.05) is 18.2 Å². The first-order valence-corrected chi connectivity index (χ1v) is 6.01. The summed E-state index contributed by atoms with van der Waals surface area (Å²) < 4.78 is 11.7. The van der Waals surface area contributed by atoms with E-state index < -0.39 is 0 Å². The van der Waals surface area contributed by atoms with Crippen LogP contribution >= 0.6 is 11.3 Å². The number of benzene rings is 1. The molecular weight excluding hydrogens is 226 g/mol. The zero-order valence-corrected chi connectivity index (χ0v) is 9.38. The molecule has 1 aliphatic rings. The van der Waals surface area contributed by atoms with Gasteiger partial charge in [0.25, 0.3) is 0 Å². The van der Waals surface area contributed by atoms with E-state index in [1.54, 1.807) is 0 Å². The minimum atomic E-state index is -0.258. The first kappa shape index (κ1) is 10.0. The Morgan fingerprint density at radius 3 is 3.19 bits per heavy atom. The van der Waals surface area contributed by atoms with E-state index in [9.17, 15) is 4.79 Å². The maximum atomic E-state index is 11.2. The molecular formula is C11H11NO3S. The lowest BCUT2D eigenvalue weighted by Gasteiger charge is -2.23. The molecule has 1 aliphatic heterocycles. The van der Waals surface area contributed by atoms with Crippen molar-refractivity contribution in [1.29, 1.82) is 0 Å². The molecule has 1 unspecified atom stereocenters. The Morgan fingerprint density at radius 2 is 2.38 bits per heavy atom. The molecule has 2 heterocycles. The topological polar surface area (TPSA) is 51.5 Å². The van der Waals surface area contributed by atoms with E-state index in [0.29, 0.717) is 12.2 Å². The molecule has 2 aromatic rings. The van der Waals surface area contributed by atoms with Crippen molar-refractivity contribution in [3.05, 3.63) is 33.5 Å². The van der Waals surface area contributed by atoms with Crippen molar-refractivity contribution in [2.75, 3.05) is 19.7 Å². The van der Waals surface area contributed by atoms with Gasteiger partial charge in [-0.25, -0.2) is 4.79 Å². The van der Waals surface area contributed by atoms with E-state index >= 15 is 0 Å². The molecule has 1 N–H and O–H groups in total. The van der Waals surface area contributed by atoms with Crippen LogP contribution in [0.4, 0.5) is 0 Å². The van der Waals surface area contributed by atoms with E-state index in [1.165, 1.54) is 0 Å². The minimum absolute atomic E-state index is 0.0192. The molecule has 1 atom stereocenters. The summed E-state index contributed by atoms with van der Waals surface area (Å²) in [5.74, 6) is 0. The molecule has 0 saturated carbocycles. The molecule has 0 amide bonds. The molecule has 5 heteroatoms. The second-order valence-electron chi connectivity index (χ2n) is 3.69. The summed E-state index contributed by atoms with van der Waals surface area (Å²) >= 11 is 1.14. The Kier molecular flexibility index (Phi) is 2.51. The second kappa shape index (κ2) is 4.01. The van der Waals surface area contributed by atoms with E-state index in [2.05, 4.69) is 5.32 Å². The summed E-state index contributed by atoms with van der Waals surface area (Å²) in [6, 6.07) is 5.70. The summed E-state index contributed by atoms with van der Waals surface area (Å²) in [4.78, 5) is 11.0. The van der Waals surface area contributed by atoms with Crippen molar-refractivity contribution in [2.45, 2.75) is 6.10 Å². The number of hydrogen-bond acceptors (Lipinski definition) is 5. The third-order valence-corrected chi connectivity index (χ3v) is 3.55. The van der Waals surface area contributed by atoms with Crippen LogP contribution in [0, 0.1) is 0 Å². The van der Waals surface area contributed by atoms with Gasteiger partial charge in [-0.2, -0.15) is 0 Å². The summed E-state index contributed by atoms with van der Waals surface area (Å²) in [7, 11) is 0. The third kappa shape index (κ3) is 1.67. The average Bonchev–Trinajstić information content (AvgIpc) is 2.70. The third-order valence-electron chi connectivity index (χ3n) is 2.66. The molecule has 1 aromatic carbocycles. The highest BCUT2D eigenvalue weighted by Gasteiger charge is 2.19. The quantitative estimate of drug-likeness (QED) is 0.817. The lowest BCUT2D eigenvalue weighted by atomic mass is 10.1. The summed E-state index contributed by atoms with van der Waals surface area (Å²) in [6.45, 7) is 2.37. The maximum absolute atomic E-state index is 11.2. The average molecular weight is 237 g/mol. The van der Waals surface area contributed by atoms with Gasteiger partial charge in [0, 0.05) is 18.7 Å². The second-order valence-corrected chi connectivity index (χ2v) is 4.64. The predicted molar refractivity (Wildman–Crippen MR) is 61.9 cm³/mol. The molecule has 0 bridgehead atoms. The van der Waals surface area contributed by atoms with Gasteiger partial charge in [-0.1, -0.05) is 23.5 Å². The van der Waals surface area contributed by atoms with Gasteiger partial charge in [0.05, 0.1) is 17.4 Å². The van der Waals surface area contributed by atoms with Gasteiger partial charge in [-0.15, -0.1) is 0 Å². The number of ether oxygens (including phenoxy) is 1. The summed E-state index contributed by atoms with van der Waals surface area (Å²) in [5, 5.41) is 3.28. The lowest BCUT2D eigenvalue weighted by Crippen LogP contribution is -2.33. The fourth-order valence-corrected chi connectivity index (χ4v) is 2.76. The highest BCUT2D eigenvalue weighted by molar-refractivity contribution is 7.16. The molecule has 84 valence electrons. The van der Waals surface area contributed by atoms with Crippen molar-refractivity contribution in [2.24, 2.45) is 0 Å². The smallest absolute Gasteiger partial charge is 0.396 e. The molecule has 0 aliphatic carbocycles. The first-order valence-electron chi connectivity index (χ1n) is 5.19. The number of nitrogens with one attached hydrogen (secondary N) is 1. The zero-order chi connectivity index (χ0) is 11.0. The normalized spacial score (nSPS) is 21.4. The Balaban J connectivity index is 2.11. The maximum Gasteiger partial charge on any atom is 0.396 e. The number of hydrogen-bond donors (Lipinski definition) is 1. The summed E-state index contributed by atoms with van der Waals surface area (Å²) in [5.41, 5.74) is 1.70. The molecule has 16 heavy (non-hydrogen) atoms. The van der Waals surface area contributed by atoms with Crippen LogP contribution in [0.15, 0.2) is 27.4 Å². The van der Waals surface area contributed by atoms with Crippen LogP contribution < -0.4 is 10.3 Å². The lowest BCUT2D eigenvalue weighted by molar-refractivity contribution is 0.0287. The SMILES string of the molecule is O=c1oc2cccc(C3CNCCO3)c2s1. The van der Waals surface area contributed by atoms with Crippen molar-refractivity contribution in [1.82, 2.24) is 5.32 Å². The highest BCUT2D eigenvalue weighted by atomic mass is 32.1. The molecule has 1 saturated heterocycles. The van der Waals surface area contributed by atoms with E-state index in [0.717, 1.165) is 34.7 Å². The monoisotopic (exact) mass is 237 g/mol. The molecule has 1 aromatic heterocycles. The van der Waals surface area contributed by atoms with Crippen LogP contribution in [0.25, 0.3) is 10.3 Å². The van der Waals surface area contributed by atoms with Crippen LogP contribution in [0.5, 0.6) is 0 Å². The van der Waals surface area contributed by atoms with Crippen LogP contribution in [0.2, 0.25) is 0 Å². The summed E-state index contributed by atoms with van der Waals surface area (Å²) in [6.07, 6.45) is 0.0192.